The lowest BCUT2D eigenvalue weighted by Gasteiger charge is -2.39. The van der Waals surface area contributed by atoms with Gasteiger partial charge in [-0.1, -0.05) is 12.8 Å². The number of carbonyl (C=O) groups is 3. The molecule has 3 heterocycles. The number of hydrogen-bond donors (Lipinski definition) is 1. The summed E-state index contributed by atoms with van der Waals surface area (Å²) in [4.78, 5) is 43.3. The van der Waals surface area contributed by atoms with Gasteiger partial charge in [0.2, 0.25) is 11.8 Å². The zero-order valence-electron chi connectivity index (χ0n) is 18.6. The fraction of sp³-hybridized carbons (Fsp3) is 0.864. The summed E-state index contributed by atoms with van der Waals surface area (Å²) in [5.41, 5.74) is 0. The number of morpholine rings is 1. The number of hydrogen-bond acceptors (Lipinski definition) is 4. The van der Waals surface area contributed by atoms with Gasteiger partial charge in [-0.25, -0.2) is 4.79 Å². The Labute approximate surface area is 180 Å². The predicted octanol–water partition coefficient (Wildman–Crippen LogP) is 1.84. The van der Waals surface area contributed by atoms with Crippen LogP contribution in [-0.4, -0.2) is 90.6 Å². The molecule has 0 saturated carbocycles. The standard InChI is InChI=1S/C22H38N4O4/c1-17-15-26(16-18(2)30-17)21(28)19-8-13-25(14-9-19)22(29)23-10-7-20(27)24-11-5-3-4-6-12-24/h17-19H,3-16H2,1-2H3,(H,23,29). The monoisotopic (exact) mass is 422 g/mol. The van der Waals surface area contributed by atoms with Gasteiger partial charge in [-0.05, 0) is 39.5 Å². The highest BCUT2D eigenvalue weighted by molar-refractivity contribution is 5.80. The molecule has 3 saturated heterocycles. The van der Waals surface area contributed by atoms with Crippen LogP contribution in [0.1, 0.15) is 58.8 Å². The van der Waals surface area contributed by atoms with Crippen LogP contribution < -0.4 is 5.32 Å². The van der Waals surface area contributed by atoms with Gasteiger partial charge in [0.25, 0.3) is 0 Å². The van der Waals surface area contributed by atoms with Crippen molar-refractivity contribution < 1.29 is 19.1 Å². The number of urea groups is 1. The molecular formula is C22H38N4O4. The van der Waals surface area contributed by atoms with Crippen LogP contribution in [0.2, 0.25) is 0 Å². The Balaban J connectivity index is 1.35. The minimum atomic E-state index is -0.127. The molecule has 170 valence electrons. The molecule has 0 aliphatic carbocycles. The normalized spacial score (nSPS) is 26.3. The maximum absolute atomic E-state index is 12.9. The first-order chi connectivity index (χ1) is 14.4. The molecule has 8 nitrogen and oxygen atoms in total. The molecule has 3 aliphatic heterocycles. The lowest BCUT2D eigenvalue weighted by atomic mass is 9.95. The van der Waals surface area contributed by atoms with Gasteiger partial charge in [0.1, 0.15) is 0 Å². The Kier molecular flexibility index (Phi) is 8.36. The number of carbonyl (C=O) groups excluding carboxylic acids is 3. The van der Waals surface area contributed by atoms with Crippen LogP contribution in [0.15, 0.2) is 0 Å². The van der Waals surface area contributed by atoms with Gasteiger partial charge in [0.05, 0.1) is 12.2 Å². The molecule has 2 unspecified atom stereocenters. The molecule has 2 atom stereocenters. The highest BCUT2D eigenvalue weighted by atomic mass is 16.5. The van der Waals surface area contributed by atoms with Crippen LogP contribution in [0, 0.1) is 5.92 Å². The largest absolute Gasteiger partial charge is 0.372 e. The van der Waals surface area contributed by atoms with Gasteiger partial charge < -0.3 is 24.8 Å². The zero-order chi connectivity index (χ0) is 21.5. The van der Waals surface area contributed by atoms with Crippen LogP contribution in [-0.2, 0) is 14.3 Å². The number of rotatable bonds is 4. The number of piperidine rings is 1. The summed E-state index contributed by atoms with van der Waals surface area (Å²) in [5, 5.41) is 2.88. The van der Waals surface area contributed by atoms with E-state index in [1.54, 1.807) is 4.90 Å². The van der Waals surface area contributed by atoms with E-state index in [9.17, 15) is 14.4 Å². The van der Waals surface area contributed by atoms with E-state index in [-0.39, 0.29) is 36.0 Å². The van der Waals surface area contributed by atoms with E-state index >= 15 is 0 Å². The summed E-state index contributed by atoms with van der Waals surface area (Å²) in [5.74, 6) is 0.312. The van der Waals surface area contributed by atoms with Crippen LogP contribution in [0.25, 0.3) is 0 Å². The second-order valence-electron chi connectivity index (χ2n) is 9.04. The molecule has 30 heavy (non-hydrogen) atoms. The van der Waals surface area contributed by atoms with Gasteiger partial charge in [-0.3, -0.25) is 9.59 Å². The van der Waals surface area contributed by atoms with Crippen molar-refractivity contribution in [3.05, 3.63) is 0 Å². The third-order valence-corrected chi connectivity index (χ3v) is 6.44. The first-order valence-corrected chi connectivity index (χ1v) is 11.7. The van der Waals surface area contributed by atoms with Crippen molar-refractivity contribution in [2.45, 2.75) is 71.0 Å². The number of nitrogens with zero attached hydrogens (tertiary/aromatic N) is 3. The fourth-order valence-electron chi connectivity index (χ4n) is 4.81. The van der Waals surface area contributed by atoms with Crippen molar-refractivity contribution in [2.75, 3.05) is 45.8 Å². The topological polar surface area (TPSA) is 82.2 Å². The minimum Gasteiger partial charge on any atom is -0.372 e. The molecule has 3 fully saturated rings. The minimum absolute atomic E-state index is 0.0174. The smallest absolute Gasteiger partial charge is 0.317 e. The summed E-state index contributed by atoms with van der Waals surface area (Å²) in [6, 6.07) is -0.127. The van der Waals surface area contributed by atoms with Crippen molar-refractivity contribution in [1.29, 1.82) is 0 Å². The molecule has 3 aliphatic rings. The Bertz CT molecular complexity index is 588. The predicted molar refractivity (Wildman–Crippen MR) is 114 cm³/mol. The number of ether oxygens (including phenoxy) is 1. The first-order valence-electron chi connectivity index (χ1n) is 11.7. The van der Waals surface area contributed by atoms with E-state index in [2.05, 4.69) is 5.32 Å². The van der Waals surface area contributed by atoms with Crippen molar-refractivity contribution in [3.63, 3.8) is 0 Å². The average molecular weight is 423 g/mol. The molecule has 0 spiro atoms. The third kappa shape index (κ3) is 6.33. The summed E-state index contributed by atoms with van der Waals surface area (Å²) >= 11 is 0. The molecule has 0 aromatic rings. The summed E-state index contributed by atoms with van der Waals surface area (Å²) in [6.45, 7) is 8.51. The number of amides is 4. The molecular weight excluding hydrogens is 384 g/mol. The van der Waals surface area contributed by atoms with E-state index < -0.39 is 0 Å². The number of likely N-dealkylation sites (tertiary alicyclic amines) is 2. The van der Waals surface area contributed by atoms with Gasteiger partial charge in [0, 0.05) is 58.2 Å². The molecule has 3 rings (SSSR count). The Morgan fingerprint density at radius 2 is 1.43 bits per heavy atom. The average Bonchev–Trinajstić information content (AvgIpc) is 3.02. The van der Waals surface area contributed by atoms with Crippen LogP contribution in [0.4, 0.5) is 4.79 Å². The van der Waals surface area contributed by atoms with Crippen molar-refractivity contribution in [2.24, 2.45) is 5.92 Å². The highest BCUT2D eigenvalue weighted by Crippen LogP contribution is 2.22. The zero-order valence-corrected chi connectivity index (χ0v) is 18.6. The van der Waals surface area contributed by atoms with Crippen LogP contribution in [0.5, 0.6) is 0 Å². The first kappa shape index (κ1) is 22.8. The second-order valence-corrected chi connectivity index (χ2v) is 9.04. The summed E-state index contributed by atoms with van der Waals surface area (Å²) in [7, 11) is 0. The van der Waals surface area contributed by atoms with Gasteiger partial charge in [0.15, 0.2) is 0 Å². The third-order valence-electron chi connectivity index (χ3n) is 6.44. The van der Waals surface area contributed by atoms with Gasteiger partial charge in [-0.2, -0.15) is 0 Å². The van der Waals surface area contributed by atoms with Crippen LogP contribution in [0.3, 0.4) is 0 Å². The Hall–Kier alpha value is -1.83. The van der Waals surface area contributed by atoms with E-state index in [4.69, 9.17) is 4.74 Å². The van der Waals surface area contributed by atoms with E-state index in [1.165, 1.54) is 12.8 Å². The molecule has 0 radical (unpaired) electrons. The molecule has 4 amide bonds. The van der Waals surface area contributed by atoms with Crippen LogP contribution >= 0.6 is 0 Å². The second kappa shape index (κ2) is 11.0. The quantitative estimate of drug-likeness (QED) is 0.749. The Morgan fingerprint density at radius 3 is 2.03 bits per heavy atom. The van der Waals surface area contributed by atoms with E-state index in [0.717, 1.165) is 25.9 Å². The maximum atomic E-state index is 12.9. The van der Waals surface area contributed by atoms with Crippen molar-refractivity contribution in [3.8, 4) is 0 Å². The van der Waals surface area contributed by atoms with Crippen molar-refractivity contribution in [1.82, 2.24) is 20.0 Å². The molecule has 1 N–H and O–H groups in total. The molecule has 0 bridgehead atoms. The van der Waals surface area contributed by atoms with Crippen molar-refractivity contribution >= 4 is 17.8 Å². The SMILES string of the molecule is CC1CN(C(=O)C2CCN(C(=O)NCCC(=O)N3CCCCCC3)CC2)CC(C)O1. The maximum Gasteiger partial charge on any atom is 0.317 e. The molecule has 0 aromatic heterocycles. The summed E-state index contributed by atoms with van der Waals surface area (Å²) in [6.07, 6.45) is 6.43. The highest BCUT2D eigenvalue weighted by Gasteiger charge is 2.33. The van der Waals surface area contributed by atoms with Gasteiger partial charge >= 0.3 is 6.03 Å². The molecule has 8 heteroatoms. The Morgan fingerprint density at radius 1 is 0.833 bits per heavy atom. The fourth-order valence-corrected chi connectivity index (χ4v) is 4.81. The molecule has 0 aromatic carbocycles. The van der Waals surface area contributed by atoms with E-state index in [1.807, 2.05) is 23.6 Å². The lowest BCUT2D eigenvalue weighted by Crippen LogP contribution is -2.52. The number of nitrogens with one attached hydrogen (secondary N) is 1. The summed E-state index contributed by atoms with van der Waals surface area (Å²) < 4.78 is 5.72. The van der Waals surface area contributed by atoms with E-state index in [0.29, 0.717) is 52.0 Å². The lowest BCUT2D eigenvalue weighted by molar-refractivity contribution is -0.148. The van der Waals surface area contributed by atoms with Gasteiger partial charge in [-0.15, -0.1) is 0 Å².